The molecule has 0 N–H and O–H groups in total. The fourth-order valence-corrected chi connectivity index (χ4v) is 4.45. The van der Waals surface area contributed by atoms with E-state index in [1.54, 1.807) is 12.3 Å². The smallest absolute Gasteiger partial charge is 0.378 e. The van der Waals surface area contributed by atoms with Crippen LogP contribution >= 0.6 is 11.6 Å². The van der Waals surface area contributed by atoms with E-state index >= 15 is 0 Å². The molecule has 1 saturated heterocycles. The summed E-state index contributed by atoms with van der Waals surface area (Å²) in [4.78, 5) is 16.8. The van der Waals surface area contributed by atoms with Crippen molar-refractivity contribution in [3.05, 3.63) is 59.0 Å². The van der Waals surface area contributed by atoms with E-state index in [1.165, 1.54) is 0 Å². The molecule has 10 heteroatoms. The largest absolute Gasteiger partial charge is 0.434 e. The van der Waals surface area contributed by atoms with E-state index in [-0.39, 0.29) is 18.6 Å². The van der Waals surface area contributed by atoms with Crippen LogP contribution in [0.1, 0.15) is 43.0 Å². The second kappa shape index (κ2) is 7.97. The normalized spacial score (nSPS) is 19.7. The molecule has 4 aromatic rings. The van der Waals surface area contributed by atoms with Crippen molar-refractivity contribution < 1.29 is 17.9 Å². The van der Waals surface area contributed by atoms with Crippen LogP contribution in [0.25, 0.3) is 21.9 Å². The SMILES string of the molecule is C[C@@H]1CC(n2c(Cc3cnc(C(F)(F)F)cn3)nc3cnc4ccc(Cl)cc4c32)CCO1. The second-order valence-electron chi connectivity index (χ2n) is 7.98. The highest BCUT2D eigenvalue weighted by Gasteiger charge is 2.33. The van der Waals surface area contributed by atoms with E-state index in [0.717, 1.165) is 41.7 Å². The summed E-state index contributed by atoms with van der Waals surface area (Å²) in [6.45, 7) is 2.65. The van der Waals surface area contributed by atoms with E-state index in [4.69, 9.17) is 21.3 Å². The van der Waals surface area contributed by atoms with E-state index in [2.05, 4.69) is 19.5 Å². The molecule has 0 spiro atoms. The van der Waals surface area contributed by atoms with Crippen molar-refractivity contribution >= 4 is 33.5 Å². The van der Waals surface area contributed by atoms with Crippen LogP contribution in [0.3, 0.4) is 0 Å². The fourth-order valence-electron chi connectivity index (χ4n) is 4.28. The van der Waals surface area contributed by atoms with Gasteiger partial charge in [-0.25, -0.2) is 9.97 Å². The molecule has 1 aliphatic rings. The molecule has 1 aliphatic heterocycles. The molecule has 1 fully saturated rings. The van der Waals surface area contributed by atoms with Crippen LogP contribution in [-0.2, 0) is 17.3 Å². The molecule has 0 aliphatic carbocycles. The Hall–Kier alpha value is -2.78. The van der Waals surface area contributed by atoms with Gasteiger partial charge in [0.1, 0.15) is 11.3 Å². The number of alkyl halides is 3. The van der Waals surface area contributed by atoms with Crippen LogP contribution in [0.4, 0.5) is 13.2 Å². The van der Waals surface area contributed by atoms with Crippen molar-refractivity contribution in [1.82, 2.24) is 24.5 Å². The Morgan fingerprint density at radius 2 is 1.97 bits per heavy atom. The molecular weight excluding hydrogens is 443 g/mol. The zero-order valence-electron chi connectivity index (χ0n) is 17.1. The maximum absolute atomic E-state index is 12.9. The number of fused-ring (bicyclic) bond motifs is 3. The van der Waals surface area contributed by atoms with Gasteiger partial charge in [0.2, 0.25) is 0 Å². The Morgan fingerprint density at radius 1 is 1.12 bits per heavy atom. The number of imidazole rings is 1. The number of hydrogen-bond donors (Lipinski definition) is 0. The molecule has 32 heavy (non-hydrogen) atoms. The molecule has 6 nitrogen and oxygen atoms in total. The average Bonchev–Trinajstić information content (AvgIpc) is 3.12. The Labute approximate surface area is 186 Å². The summed E-state index contributed by atoms with van der Waals surface area (Å²) < 4.78 is 46.5. The van der Waals surface area contributed by atoms with Crippen LogP contribution in [-0.4, -0.2) is 37.2 Å². The molecule has 0 amide bonds. The summed E-state index contributed by atoms with van der Waals surface area (Å²) in [6.07, 6.45) is 1.03. The molecule has 4 heterocycles. The minimum absolute atomic E-state index is 0.0848. The first-order valence-corrected chi connectivity index (χ1v) is 10.6. The first kappa shape index (κ1) is 21.1. The highest BCUT2D eigenvalue weighted by Crippen LogP contribution is 2.35. The molecule has 0 saturated carbocycles. The van der Waals surface area contributed by atoms with Gasteiger partial charge in [-0.2, -0.15) is 13.2 Å². The number of benzene rings is 1. The summed E-state index contributed by atoms with van der Waals surface area (Å²) in [7, 11) is 0. The zero-order valence-corrected chi connectivity index (χ0v) is 17.9. The van der Waals surface area contributed by atoms with Crippen molar-refractivity contribution in [3.8, 4) is 0 Å². The minimum atomic E-state index is -4.53. The first-order valence-electron chi connectivity index (χ1n) is 10.2. The third kappa shape index (κ3) is 3.91. The maximum atomic E-state index is 12.9. The minimum Gasteiger partial charge on any atom is -0.378 e. The van der Waals surface area contributed by atoms with Crippen LogP contribution in [0.5, 0.6) is 0 Å². The van der Waals surface area contributed by atoms with Crippen molar-refractivity contribution in [2.24, 2.45) is 0 Å². The zero-order chi connectivity index (χ0) is 22.5. The van der Waals surface area contributed by atoms with Crippen LogP contribution in [0, 0.1) is 0 Å². The van der Waals surface area contributed by atoms with E-state index in [1.807, 2.05) is 19.1 Å². The van der Waals surface area contributed by atoms with Crippen LogP contribution in [0.2, 0.25) is 5.02 Å². The van der Waals surface area contributed by atoms with Gasteiger partial charge in [0, 0.05) is 35.7 Å². The standard InChI is InChI=1S/C22H19ClF3N5O/c1-12-6-15(4-5-32-12)31-20(8-14-9-29-19(11-27-14)22(24,25)26)30-18-10-28-17-3-2-13(23)7-16(17)21(18)31/h2-3,7,9-12,15H,4-6,8H2,1H3/t12-,15?/m1/s1. The molecule has 2 atom stereocenters. The highest BCUT2D eigenvalue weighted by molar-refractivity contribution is 6.31. The lowest BCUT2D eigenvalue weighted by Gasteiger charge is -2.30. The summed E-state index contributed by atoms with van der Waals surface area (Å²) in [6, 6.07) is 5.64. The van der Waals surface area contributed by atoms with Gasteiger partial charge in [-0.1, -0.05) is 11.6 Å². The Morgan fingerprint density at radius 3 is 2.69 bits per heavy atom. The van der Waals surface area contributed by atoms with Gasteiger partial charge in [0.25, 0.3) is 0 Å². The molecule has 166 valence electrons. The summed E-state index contributed by atoms with van der Waals surface area (Å²) in [5.74, 6) is 0.697. The quantitative estimate of drug-likeness (QED) is 0.410. The van der Waals surface area contributed by atoms with Gasteiger partial charge in [0.05, 0.1) is 35.2 Å². The number of ether oxygens (including phenoxy) is 1. The molecule has 5 rings (SSSR count). The Balaban J connectivity index is 1.65. The number of hydrogen-bond acceptors (Lipinski definition) is 5. The molecule has 0 bridgehead atoms. The third-order valence-electron chi connectivity index (χ3n) is 5.71. The molecule has 3 aromatic heterocycles. The average molecular weight is 462 g/mol. The van der Waals surface area contributed by atoms with E-state index < -0.39 is 11.9 Å². The fraction of sp³-hybridized carbons (Fsp3) is 0.364. The lowest BCUT2D eigenvalue weighted by atomic mass is 10.0. The molecule has 0 radical (unpaired) electrons. The van der Waals surface area contributed by atoms with E-state index in [9.17, 15) is 13.2 Å². The Bertz CT molecular complexity index is 1290. The van der Waals surface area contributed by atoms with Gasteiger partial charge >= 0.3 is 6.18 Å². The van der Waals surface area contributed by atoms with Crippen molar-refractivity contribution in [1.29, 1.82) is 0 Å². The topological polar surface area (TPSA) is 65.7 Å². The summed E-state index contributed by atoms with van der Waals surface area (Å²) in [5.41, 5.74) is 1.80. The highest BCUT2D eigenvalue weighted by atomic mass is 35.5. The second-order valence-corrected chi connectivity index (χ2v) is 8.42. The van der Waals surface area contributed by atoms with Crippen molar-refractivity contribution in [2.75, 3.05) is 6.61 Å². The van der Waals surface area contributed by atoms with Crippen LogP contribution in [0.15, 0.2) is 36.8 Å². The van der Waals surface area contributed by atoms with Crippen molar-refractivity contribution in [2.45, 2.75) is 44.5 Å². The monoisotopic (exact) mass is 461 g/mol. The molecule has 1 unspecified atom stereocenters. The van der Waals surface area contributed by atoms with E-state index in [0.29, 0.717) is 28.7 Å². The van der Waals surface area contributed by atoms with Gasteiger partial charge in [-0.05, 0) is 38.0 Å². The molecule has 1 aromatic carbocycles. The van der Waals surface area contributed by atoms with Gasteiger partial charge in [0.15, 0.2) is 5.69 Å². The van der Waals surface area contributed by atoms with Gasteiger partial charge < -0.3 is 9.30 Å². The predicted octanol–water partition coefficient (Wildman–Crippen LogP) is 5.38. The number of halogens is 4. The predicted molar refractivity (Wildman–Crippen MR) is 114 cm³/mol. The maximum Gasteiger partial charge on any atom is 0.434 e. The first-order chi connectivity index (χ1) is 15.3. The number of rotatable bonds is 3. The van der Waals surface area contributed by atoms with Gasteiger partial charge in [-0.3, -0.25) is 9.97 Å². The summed E-state index contributed by atoms with van der Waals surface area (Å²) in [5, 5.41) is 1.47. The number of aromatic nitrogens is 5. The number of pyridine rings is 1. The Kier molecular flexibility index (Phi) is 5.25. The lowest BCUT2D eigenvalue weighted by Crippen LogP contribution is -2.26. The lowest BCUT2D eigenvalue weighted by molar-refractivity contribution is -0.141. The van der Waals surface area contributed by atoms with Crippen molar-refractivity contribution in [3.63, 3.8) is 0 Å². The molecular formula is C22H19ClF3N5O. The van der Waals surface area contributed by atoms with Gasteiger partial charge in [-0.15, -0.1) is 0 Å². The third-order valence-corrected chi connectivity index (χ3v) is 5.94. The summed E-state index contributed by atoms with van der Waals surface area (Å²) >= 11 is 6.28. The number of nitrogens with zero attached hydrogens (tertiary/aromatic N) is 5. The van der Waals surface area contributed by atoms with Crippen LogP contribution < -0.4 is 0 Å².